The van der Waals surface area contributed by atoms with Gasteiger partial charge in [0.05, 0.1) is 4.90 Å². The Hall–Kier alpha value is -2.05. The summed E-state index contributed by atoms with van der Waals surface area (Å²) in [4.78, 5) is 0.180. The van der Waals surface area contributed by atoms with Crippen molar-refractivity contribution in [1.82, 2.24) is 4.72 Å². The Labute approximate surface area is 123 Å². The topological polar surface area (TPSA) is 64.6 Å². The highest BCUT2D eigenvalue weighted by Crippen LogP contribution is 2.33. The molecule has 1 aliphatic rings. The maximum Gasteiger partial charge on any atom is 0.240 e. The number of hydrogen-bond donors (Lipinski definition) is 1. The van der Waals surface area contributed by atoms with E-state index in [2.05, 4.69) is 4.72 Å². The second-order valence-corrected chi connectivity index (χ2v) is 6.42. The van der Waals surface area contributed by atoms with Crippen LogP contribution in [-0.2, 0) is 16.4 Å². The molecule has 2 aromatic rings. The van der Waals surface area contributed by atoms with Gasteiger partial charge in [-0.05, 0) is 24.1 Å². The van der Waals surface area contributed by atoms with Gasteiger partial charge in [0, 0.05) is 12.6 Å². The maximum absolute atomic E-state index is 12.2. The number of sulfonamides is 1. The highest BCUT2D eigenvalue weighted by atomic mass is 32.2. The maximum atomic E-state index is 12.2. The lowest BCUT2D eigenvalue weighted by Gasteiger charge is -2.07. The summed E-state index contributed by atoms with van der Waals surface area (Å²) in [6.07, 6.45) is 0.643. The molecular weight excluding hydrogens is 290 g/mol. The minimum atomic E-state index is -3.54. The summed E-state index contributed by atoms with van der Waals surface area (Å²) in [6, 6.07) is 14.3. The molecule has 0 radical (unpaired) electrons. The van der Waals surface area contributed by atoms with Crippen molar-refractivity contribution in [2.75, 3.05) is 13.3 Å². The van der Waals surface area contributed by atoms with Crippen LogP contribution < -0.4 is 14.2 Å². The van der Waals surface area contributed by atoms with Crippen LogP contribution in [0.1, 0.15) is 5.56 Å². The minimum Gasteiger partial charge on any atom is -0.454 e. The Kier molecular flexibility index (Phi) is 3.81. The molecule has 0 unspecified atom stereocenters. The number of hydrogen-bond acceptors (Lipinski definition) is 4. The number of ether oxygens (including phenoxy) is 2. The van der Waals surface area contributed by atoms with Crippen molar-refractivity contribution < 1.29 is 17.9 Å². The molecule has 0 saturated carbocycles. The van der Waals surface area contributed by atoms with E-state index < -0.39 is 10.0 Å². The first-order chi connectivity index (χ1) is 10.1. The molecule has 0 amide bonds. The number of fused-ring (bicyclic) bond motifs is 1. The monoisotopic (exact) mass is 305 g/mol. The van der Waals surface area contributed by atoms with Gasteiger partial charge in [-0.1, -0.05) is 30.3 Å². The van der Waals surface area contributed by atoms with Crippen molar-refractivity contribution in [1.29, 1.82) is 0 Å². The molecule has 6 heteroatoms. The Morgan fingerprint density at radius 1 is 1.00 bits per heavy atom. The minimum absolute atomic E-state index is 0.125. The van der Waals surface area contributed by atoms with Crippen LogP contribution in [0.25, 0.3) is 0 Å². The van der Waals surface area contributed by atoms with Gasteiger partial charge in [0.1, 0.15) is 0 Å². The lowest BCUT2D eigenvalue weighted by atomic mass is 10.2. The van der Waals surface area contributed by atoms with E-state index in [4.69, 9.17) is 9.47 Å². The number of nitrogens with one attached hydrogen (secondary N) is 1. The summed E-state index contributed by atoms with van der Waals surface area (Å²) in [7, 11) is -3.54. The first kappa shape index (κ1) is 13.9. The molecule has 1 aliphatic heterocycles. The van der Waals surface area contributed by atoms with Crippen molar-refractivity contribution >= 4 is 10.0 Å². The van der Waals surface area contributed by atoms with Crippen molar-refractivity contribution in [3.05, 3.63) is 54.1 Å². The molecule has 0 saturated heterocycles. The average molecular weight is 305 g/mol. The van der Waals surface area contributed by atoms with Crippen molar-refractivity contribution in [2.24, 2.45) is 0 Å². The smallest absolute Gasteiger partial charge is 0.240 e. The molecule has 3 rings (SSSR count). The Bertz CT molecular complexity index is 729. The Morgan fingerprint density at radius 3 is 2.57 bits per heavy atom. The van der Waals surface area contributed by atoms with Crippen LogP contribution in [-0.4, -0.2) is 21.8 Å². The van der Waals surface area contributed by atoms with Crippen LogP contribution >= 0.6 is 0 Å². The molecule has 1 heterocycles. The lowest BCUT2D eigenvalue weighted by molar-refractivity contribution is 0.174. The van der Waals surface area contributed by atoms with E-state index in [0.29, 0.717) is 24.5 Å². The Morgan fingerprint density at radius 2 is 1.76 bits per heavy atom. The number of rotatable bonds is 5. The Balaban J connectivity index is 1.67. The van der Waals surface area contributed by atoms with Gasteiger partial charge in [-0.3, -0.25) is 0 Å². The van der Waals surface area contributed by atoms with Crippen LogP contribution in [0.15, 0.2) is 53.4 Å². The fourth-order valence-corrected chi connectivity index (χ4v) is 3.15. The molecule has 110 valence electrons. The van der Waals surface area contributed by atoms with E-state index in [1.165, 1.54) is 12.1 Å². The van der Waals surface area contributed by atoms with Crippen molar-refractivity contribution in [3.63, 3.8) is 0 Å². The lowest BCUT2D eigenvalue weighted by Crippen LogP contribution is -2.25. The van der Waals surface area contributed by atoms with E-state index in [1.54, 1.807) is 6.07 Å². The molecule has 21 heavy (non-hydrogen) atoms. The molecule has 0 fully saturated rings. The second-order valence-electron chi connectivity index (χ2n) is 4.65. The zero-order chi connectivity index (χ0) is 14.7. The van der Waals surface area contributed by atoms with Crippen molar-refractivity contribution in [3.8, 4) is 11.5 Å². The van der Waals surface area contributed by atoms with E-state index in [9.17, 15) is 8.42 Å². The molecule has 5 nitrogen and oxygen atoms in total. The van der Waals surface area contributed by atoms with E-state index in [-0.39, 0.29) is 11.7 Å². The van der Waals surface area contributed by atoms with Gasteiger partial charge >= 0.3 is 0 Å². The molecule has 0 bridgehead atoms. The highest BCUT2D eigenvalue weighted by Gasteiger charge is 2.19. The van der Waals surface area contributed by atoms with Gasteiger partial charge in [0.25, 0.3) is 0 Å². The van der Waals surface area contributed by atoms with Crippen LogP contribution in [0.2, 0.25) is 0 Å². The van der Waals surface area contributed by atoms with E-state index in [0.717, 1.165) is 5.56 Å². The first-order valence-corrected chi connectivity index (χ1v) is 8.07. The quantitative estimate of drug-likeness (QED) is 0.917. The summed E-state index contributed by atoms with van der Waals surface area (Å²) < 4.78 is 37.4. The molecular formula is C15H15NO4S. The summed E-state index contributed by atoms with van der Waals surface area (Å²) >= 11 is 0. The van der Waals surface area contributed by atoms with Crippen LogP contribution in [0.5, 0.6) is 11.5 Å². The number of benzene rings is 2. The van der Waals surface area contributed by atoms with Crippen LogP contribution in [0, 0.1) is 0 Å². The summed E-state index contributed by atoms with van der Waals surface area (Å²) in [5, 5.41) is 0. The van der Waals surface area contributed by atoms with Gasteiger partial charge in [-0.2, -0.15) is 0 Å². The van der Waals surface area contributed by atoms with Crippen LogP contribution in [0.4, 0.5) is 0 Å². The zero-order valence-corrected chi connectivity index (χ0v) is 12.1. The van der Waals surface area contributed by atoms with Crippen LogP contribution in [0.3, 0.4) is 0 Å². The molecule has 2 aromatic carbocycles. The third-order valence-electron chi connectivity index (χ3n) is 3.20. The molecule has 0 spiro atoms. The predicted octanol–water partition coefficient (Wildman–Crippen LogP) is 1.94. The first-order valence-electron chi connectivity index (χ1n) is 6.58. The van der Waals surface area contributed by atoms with E-state index >= 15 is 0 Å². The highest BCUT2D eigenvalue weighted by molar-refractivity contribution is 7.89. The fraction of sp³-hybridized carbons (Fsp3) is 0.200. The molecule has 0 atom stereocenters. The summed E-state index contributed by atoms with van der Waals surface area (Å²) in [6.45, 7) is 0.473. The molecule has 0 aliphatic carbocycles. The standard InChI is InChI=1S/C15H15NO4S/c17-21(18,16-9-8-12-4-2-1-3-5-12)13-6-7-14-15(10-13)20-11-19-14/h1-7,10,16H,8-9,11H2. The molecule has 1 N–H and O–H groups in total. The summed E-state index contributed by atoms with van der Waals surface area (Å²) in [5.41, 5.74) is 1.09. The zero-order valence-electron chi connectivity index (χ0n) is 11.3. The molecule has 0 aromatic heterocycles. The van der Waals surface area contributed by atoms with Gasteiger partial charge in [-0.25, -0.2) is 13.1 Å². The summed E-state index contributed by atoms with van der Waals surface area (Å²) in [5.74, 6) is 1.03. The van der Waals surface area contributed by atoms with E-state index in [1.807, 2.05) is 30.3 Å². The third-order valence-corrected chi connectivity index (χ3v) is 4.66. The third kappa shape index (κ3) is 3.17. The average Bonchev–Trinajstić information content (AvgIpc) is 2.95. The van der Waals surface area contributed by atoms with Gasteiger partial charge in [-0.15, -0.1) is 0 Å². The fourth-order valence-electron chi connectivity index (χ4n) is 2.10. The second kappa shape index (κ2) is 5.75. The van der Waals surface area contributed by atoms with Crippen molar-refractivity contribution in [2.45, 2.75) is 11.3 Å². The van der Waals surface area contributed by atoms with Gasteiger partial charge in [0.2, 0.25) is 16.8 Å². The van der Waals surface area contributed by atoms with Gasteiger partial charge in [0.15, 0.2) is 11.5 Å². The predicted molar refractivity (Wildman–Crippen MR) is 77.9 cm³/mol. The normalized spacial score (nSPS) is 13.3. The van der Waals surface area contributed by atoms with Gasteiger partial charge < -0.3 is 9.47 Å². The SMILES string of the molecule is O=S(=O)(NCCc1ccccc1)c1ccc2c(c1)OCO2. The largest absolute Gasteiger partial charge is 0.454 e.